The molecule has 19 heteroatoms. The molecule has 0 spiro atoms. The summed E-state index contributed by atoms with van der Waals surface area (Å²) < 4.78 is 121. The molecule has 0 aromatic heterocycles. The van der Waals surface area contributed by atoms with E-state index < -0.39 is 30.1 Å². The Hall–Kier alpha value is -1.65. The largest absolute Gasteiger partial charge is 0.491 e. The number of ether oxygens (including phenoxy) is 6. The van der Waals surface area contributed by atoms with Crippen LogP contribution in [0.15, 0.2) is 58.3 Å². The molecule has 2 N–H and O–H groups in total. The van der Waals surface area contributed by atoms with Crippen LogP contribution in [0.3, 0.4) is 0 Å². The Bertz CT molecular complexity index is 1440. The smallest absolute Gasteiger partial charge is 0.265 e. The van der Waals surface area contributed by atoms with Gasteiger partial charge < -0.3 is 28.4 Å². The predicted octanol–water partition coefficient (Wildman–Crippen LogP) is 4.14. The van der Waals surface area contributed by atoms with Gasteiger partial charge in [-0.25, -0.2) is 8.42 Å². The highest BCUT2D eigenvalue weighted by Crippen LogP contribution is 2.25. The van der Waals surface area contributed by atoms with Gasteiger partial charge in [-0.05, 0) is 86.7 Å². The fourth-order valence-electron chi connectivity index (χ4n) is 4.19. The summed E-state index contributed by atoms with van der Waals surface area (Å²) in [6.07, 6.45) is 0.736. The van der Waals surface area contributed by atoms with E-state index in [2.05, 4.69) is 0 Å². The van der Waals surface area contributed by atoms with Crippen molar-refractivity contribution < 1.29 is 62.8 Å². The summed E-state index contributed by atoms with van der Waals surface area (Å²) in [7, 11) is -11.7. The number of rotatable bonds is 30. The lowest BCUT2D eigenvalue weighted by molar-refractivity contribution is -0.0325. The Balaban J connectivity index is 1.77. The van der Waals surface area contributed by atoms with E-state index in [1.54, 1.807) is 24.3 Å². The van der Waals surface area contributed by atoms with Gasteiger partial charge in [-0.2, -0.15) is 40.4 Å². The van der Waals surface area contributed by atoms with Crippen molar-refractivity contribution in [3.8, 4) is 11.5 Å². The maximum Gasteiger partial charge on any atom is 0.265 e. The highest BCUT2D eigenvalue weighted by Gasteiger charge is 2.19. The summed E-state index contributed by atoms with van der Waals surface area (Å²) in [5.41, 5.74) is 0. The lowest BCUT2D eigenvalue weighted by Crippen LogP contribution is -2.27. The van der Waals surface area contributed by atoms with Crippen molar-refractivity contribution in [1.29, 1.82) is 0 Å². The maximum absolute atomic E-state index is 13.3. The molecule has 2 rings (SSSR count). The van der Waals surface area contributed by atoms with Crippen LogP contribution in [0.5, 0.6) is 11.5 Å². The highest BCUT2D eigenvalue weighted by molar-refractivity contribution is 8.00. The summed E-state index contributed by atoms with van der Waals surface area (Å²) in [5, 5.41) is 0. The van der Waals surface area contributed by atoms with Crippen LogP contribution in [-0.4, -0.2) is 134 Å². The molecular weight excluding hydrogens is 769 g/mol. The van der Waals surface area contributed by atoms with E-state index in [4.69, 9.17) is 37.5 Å². The minimum atomic E-state index is -3.94. The van der Waals surface area contributed by atoms with Crippen molar-refractivity contribution in [2.75, 3.05) is 87.4 Å². The third-order valence-electron chi connectivity index (χ3n) is 6.68. The van der Waals surface area contributed by atoms with E-state index in [9.17, 15) is 25.3 Å². The molecule has 0 radical (unpaired) electrons. The van der Waals surface area contributed by atoms with Crippen molar-refractivity contribution in [3.63, 3.8) is 0 Å². The van der Waals surface area contributed by atoms with E-state index in [1.807, 2.05) is 13.8 Å². The summed E-state index contributed by atoms with van der Waals surface area (Å²) in [4.78, 5) is 0.209. The van der Waals surface area contributed by atoms with Crippen LogP contribution in [0, 0.1) is 0 Å². The Morgan fingerprint density at radius 2 is 0.941 bits per heavy atom. The van der Waals surface area contributed by atoms with Crippen molar-refractivity contribution >= 4 is 53.6 Å². The first kappa shape index (κ1) is 45.5. The molecule has 0 aliphatic carbocycles. The van der Waals surface area contributed by atoms with Gasteiger partial charge in [0.15, 0.2) is 0 Å². The van der Waals surface area contributed by atoms with Crippen molar-refractivity contribution in [1.82, 2.24) is 0 Å². The number of hydrogen-bond acceptors (Lipinski definition) is 14. The monoisotopic (exact) mass is 818 g/mol. The topological polar surface area (TPSA) is 198 Å². The van der Waals surface area contributed by atoms with E-state index in [1.165, 1.54) is 47.8 Å². The van der Waals surface area contributed by atoms with E-state index in [0.717, 1.165) is 0 Å². The predicted molar refractivity (Wildman–Crippen MR) is 199 cm³/mol. The van der Waals surface area contributed by atoms with E-state index >= 15 is 0 Å². The Kier molecular flexibility index (Phi) is 22.0. The van der Waals surface area contributed by atoms with Gasteiger partial charge in [-0.3, -0.25) is 9.11 Å². The van der Waals surface area contributed by atoms with Gasteiger partial charge in [-0.15, -0.1) is 0 Å². The third kappa shape index (κ3) is 21.0. The van der Waals surface area contributed by atoms with Crippen LogP contribution in [-0.2, 0) is 49.0 Å². The number of sulfone groups is 1. The van der Waals surface area contributed by atoms with Gasteiger partial charge >= 0.3 is 0 Å². The SMILES string of the molecule is CCOC(COCCCSCCS(=O)(=O)O)COc1ccc(S(=O)(=O)c2ccc(OCC(COCCCSCCS(=O)(=O)O)OCC)cc2)cc1. The van der Waals surface area contributed by atoms with Crippen molar-refractivity contribution in [2.45, 2.75) is 48.7 Å². The van der Waals surface area contributed by atoms with Gasteiger partial charge in [0.1, 0.15) is 36.9 Å². The van der Waals surface area contributed by atoms with E-state index in [-0.39, 0.29) is 46.7 Å². The maximum atomic E-state index is 13.3. The summed E-state index contributed by atoms with van der Waals surface area (Å²) in [6, 6.07) is 12.2. The van der Waals surface area contributed by atoms with E-state index in [0.29, 0.717) is 87.0 Å². The quantitative estimate of drug-likeness (QED) is 0.0842. The fourth-order valence-corrected chi connectivity index (χ4v) is 9.13. The summed E-state index contributed by atoms with van der Waals surface area (Å²) >= 11 is 2.84. The Morgan fingerprint density at radius 1 is 0.569 bits per heavy atom. The first-order valence-corrected chi connectivity index (χ1v) is 23.4. The molecule has 2 unspecified atom stereocenters. The van der Waals surface area contributed by atoms with Crippen LogP contribution in [0.4, 0.5) is 0 Å². The van der Waals surface area contributed by atoms with Crippen LogP contribution in [0.2, 0.25) is 0 Å². The Morgan fingerprint density at radius 3 is 1.27 bits per heavy atom. The molecule has 0 aliphatic heterocycles. The van der Waals surface area contributed by atoms with Crippen LogP contribution in [0.25, 0.3) is 0 Å². The Labute approximate surface area is 311 Å². The molecule has 2 aromatic carbocycles. The van der Waals surface area contributed by atoms with Crippen LogP contribution < -0.4 is 9.47 Å². The first-order valence-electron chi connectivity index (χ1n) is 16.4. The second-order valence-corrected chi connectivity index (χ2v) is 18.4. The minimum absolute atomic E-state index is 0.105. The number of hydrogen-bond donors (Lipinski definition) is 2. The van der Waals surface area contributed by atoms with Gasteiger partial charge in [0, 0.05) is 37.9 Å². The van der Waals surface area contributed by atoms with Gasteiger partial charge in [-0.1, -0.05) is 0 Å². The molecule has 0 bridgehead atoms. The molecule has 14 nitrogen and oxygen atoms in total. The minimum Gasteiger partial charge on any atom is -0.491 e. The van der Waals surface area contributed by atoms with Crippen molar-refractivity contribution in [2.24, 2.45) is 0 Å². The molecule has 2 atom stereocenters. The van der Waals surface area contributed by atoms with Gasteiger partial charge in [0.25, 0.3) is 20.2 Å². The fraction of sp³-hybridized carbons (Fsp3) is 0.625. The zero-order valence-electron chi connectivity index (χ0n) is 28.9. The molecule has 0 saturated carbocycles. The standard InChI is InChI=1S/C32H50O14S5/c1-3-43-29(23-41-15-5-17-47-19-21-49(33,34)35)25-45-27-7-11-31(12-8-27)51(39,40)32-13-9-28(10-14-32)46-26-30(44-4-2)24-42-16-6-18-48-20-22-50(36,37)38/h7-14,29-30H,3-6,15-26H2,1-2H3,(H,33,34,35)(H,36,37,38). The zero-order valence-corrected chi connectivity index (χ0v) is 33.0. The molecule has 0 saturated heterocycles. The average Bonchev–Trinajstić information content (AvgIpc) is 3.07. The number of thioether (sulfide) groups is 2. The van der Waals surface area contributed by atoms with Crippen LogP contribution >= 0.6 is 23.5 Å². The molecular formula is C32H50O14S5. The van der Waals surface area contributed by atoms with Gasteiger partial charge in [0.05, 0.1) is 34.5 Å². The molecule has 0 aliphatic rings. The zero-order chi connectivity index (χ0) is 37.6. The first-order chi connectivity index (χ1) is 24.2. The highest BCUT2D eigenvalue weighted by atomic mass is 32.2. The van der Waals surface area contributed by atoms with Crippen LogP contribution in [0.1, 0.15) is 26.7 Å². The molecule has 51 heavy (non-hydrogen) atoms. The lowest BCUT2D eigenvalue weighted by Gasteiger charge is -2.18. The van der Waals surface area contributed by atoms with Crippen molar-refractivity contribution in [3.05, 3.63) is 48.5 Å². The lowest BCUT2D eigenvalue weighted by atomic mass is 10.3. The molecule has 2 aromatic rings. The van der Waals surface area contributed by atoms with Gasteiger partial charge in [0.2, 0.25) is 9.84 Å². The molecule has 0 heterocycles. The normalized spacial score (nSPS) is 13.6. The second kappa shape index (κ2) is 24.6. The third-order valence-corrected chi connectivity index (χ3v) is 12.6. The molecule has 0 fully saturated rings. The average molecular weight is 819 g/mol. The summed E-state index contributed by atoms with van der Waals surface area (Å²) in [6.45, 7) is 6.53. The summed E-state index contributed by atoms with van der Waals surface area (Å²) in [5.74, 6) is 2.43. The molecule has 292 valence electrons. The molecule has 0 amide bonds. The second-order valence-electron chi connectivity index (χ2n) is 10.9. The number of benzene rings is 2.